The van der Waals surface area contributed by atoms with E-state index < -0.39 is 0 Å². The minimum atomic E-state index is 0.622. The molecule has 0 fully saturated rings. The second-order valence-corrected chi connectivity index (χ2v) is 6.84. The summed E-state index contributed by atoms with van der Waals surface area (Å²) in [5, 5.41) is 1.65. The van der Waals surface area contributed by atoms with Gasteiger partial charge in [-0.05, 0) is 65.3 Å². The predicted octanol–water partition coefficient (Wildman–Crippen LogP) is 5.22. The number of aromatic nitrogens is 1. The molecule has 0 amide bonds. The van der Waals surface area contributed by atoms with E-state index in [0.717, 1.165) is 38.8 Å². The molecule has 1 atom stereocenters. The van der Waals surface area contributed by atoms with Gasteiger partial charge >= 0.3 is 0 Å². The monoisotopic (exact) mass is 421 g/mol. The van der Waals surface area contributed by atoms with Gasteiger partial charge in [-0.2, -0.15) is 12.6 Å². The van der Waals surface area contributed by atoms with Gasteiger partial charge in [0.05, 0.1) is 15.2 Å². The molecule has 0 aliphatic rings. The molecule has 2 aromatic rings. The quantitative estimate of drug-likeness (QED) is 0.510. The van der Waals surface area contributed by atoms with E-state index in [1.54, 1.807) is 6.20 Å². The second-order valence-electron chi connectivity index (χ2n) is 4.82. The molecule has 1 heterocycles. The first kappa shape index (κ1) is 16.2. The van der Waals surface area contributed by atoms with Crippen LogP contribution in [0.4, 0.5) is 0 Å². The van der Waals surface area contributed by atoms with Crippen LogP contribution in [0.15, 0.2) is 24.4 Å². The van der Waals surface area contributed by atoms with Gasteiger partial charge in [0.25, 0.3) is 0 Å². The highest BCUT2D eigenvalue weighted by atomic mass is 127. The van der Waals surface area contributed by atoms with Crippen LogP contribution in [0.5, 0.6) is 5.75 Å². The summed E-state index contributed by atoms with van der Waals surface area (Å²) in [6.07, 6.45) is 3.90. The van der Waals surface area contributed by atoms with Crippen molar-refractivity contribution in [3.8, 4) is 5.75 Å². The van der Waals surface area contributed by atoms with E-state index in [1.807, 2.05) is 18.2 Å². The molecule has 2 nitrogen and oxygen atoms in total. The Balaban J connectivity index is 2.17. The molecule has 0 radical (unpaired) electrons. The van der Waals surface area contributed by atoms with Crippen LogP contribution in [0, 0.1) is 9.49 Å². The number of thiol groups is 1. The smallest absolute Gasteiger partial charge is 0.158 e. The highest BCUT2D eigenvalue weighted by Crippen LogP contribution is 2.34. The van der Waals surface area contributed by atoms with Crippen LogP contribution in [0.3, 0.4) is 0 Å². The van der Waals surface area contributed by atoms with Crippen molar-refractivity contribution in [1.82, 2.24) is 4.98 Å². The van der Waals surface area contributed by atoms with Gasteiger partial charge < -0.3 is 4.74 Å². The van der Waals surface area contributed by atoms with Gasteiger partial charge in [0, 0.05) is 11.6 Å². The Morgan fingerprint density at radius 3 is 3.00 bits per heavy atom. The average Bonchev–Trinajstić information content (AvgIpc) is 2.43. The van der Waals surface area contributed by atoms with Crippen molar-refractivity contribution in [1.29, 1.82) is 0 Å². The molecule has 0 aliphatic heterocycles. The van der Waals surface area contributed by atoms with Gasteiger partial charge in [-0.3, -0.25) is 4.98 Å². The summed E-state index contributed by atoms with van der Waals surface area (Å²) >= 11 is 12.8. The van der Waals surface area contributed by atoms with Crippen LogP contribution in [-0.2, 0) is 0 Å². The number of rotatable bonds is 6. The van der Waals surface area contributed by atoms with E-state index in [0.29, 0.717) is 17.5 Å². The zero-order chi connectivity index (χ0) is 14.5. The SMILES string of the molecule is CC(CCS)CCOc1c(I)cc(Cl)c2cccnc12. The fourth-order valence-corrected chi connectivity index (χ4v) is 3.62. The summed E-state index contributed by atoms with van der Waals surface area (Å²) in [6, 6.07) is 5.79. The number of hydrogen-bond donors (Lipinski definition) is 1. The number of benzene rings is 1. The highest BCUT2D eigenvalue weighted by molar-refractivity contribution is 14.1. The number of fused-ring (bicyclic) bond motifs is 1. The van der Waals surface area contributed by atoms with Gasteiger partial charge in [-0.1, -0.05) is 18.5 Å². The number of pyridine rings is 1. The van der Waals surface area contributed by atoms with Crippen molar-refractivity contribution in [3.05, 3.63) is 33.0 Å². The van der Waals surface area contributed by atoms with Crippen LogP contribution in [-0.4, -0.2) is 17.3 Å². The van der Waals surface area contributed by atoms with E-state index in [1.165, 1.54) is 0 Å². The molecular weight excluding hydrogens is 405 g/mol. The third-order valence-electron chi connectivity index (χ3n) is 3.23. The Bertz CT molecular complexity index is 593. The van der Waals surface area contributed by atoms with Crippen molar-refractivity contribution >= 4 is 57.7 Å². The molecular formula is C15H17ClINOS. The van der Waals surface area contributed by atoms with Crippen LogP contribution in [0.2, 0.25) is 5.02 Å². The van der Waals surface area contributed by atoms with Crippen LogP contribution in [0.25, 0.3) is 10.9 Å². The Morgan fingerprint density at radius 1 is 1.45 bits per heavy atom. The Morgan fingerprint density at radius 2 is 2.25 bits per heavy atom. The van der Waals surface area contributed by atoms with Crippen molar-refractivity contribution in [2.45, 2.75) is 19.8 Å². The summed E-state index contributed by atoms with van der Waals surface area (Å²) in [4.78, 5) is 4.41. The van der Waals surface area contributed by atoms with Gasteiger partial charge in [0.2, 0.25) is 0 Å². The van der Waals surface area contributed by atoms with Gasteiger partial charge in [0.15, 0.2) is 5.75 Å². The van der Waals surface area contributed by atoms with Crippen LogP contribution in [0.1, 0.15) is 19.8 Å². The molecule has 0 spiro atoms. The third kappa shape index (κ3) is 3.92. The lowest BCUT2D eigenvalue weighted by Gasteiger charge is -2.14. The van der Waals surface area contributed by atoms with Gasteiger partial charge in [-0.25, -0.2) is 0 Å². The maximum absolute atomic E-state index is 6.25. The van der Waals surface area contributed by atoms with E-state index in [9.17, 15) is 0 Å². The lowest BCUT2D eigenvalue weighted by atomic mass is 10.1. The first-order valence-corrected chi connectivity index (χ1v) is 8.68. The van der Waals surface area contributed by atoms with E-state index in [2.05, 4.69) is 47.1 Å². The fraction of sp³-hybridized carbons (Fsp3) is 0.400. The predicted molar refractivity (Wildman–Crippen MR) is 97.2 cm³/mol. The van der Waals surface area contributed by atoms with E-state index in [-0.39, 0.29) is 0 Å². The molecule has 0 saturated carbocycles. The molecule has 1 aromatic heterocycles. The van der Waals surface area contributed by atoms with Crippen molar-refractivity contribution in [2.75, 3.05) is 12.4 Å². The third-order valence-corrected chi connectivity index (χ3v) is 4.60. The molecule has 0 saturated heterocycles. The molecule has 20 heavy (non-hydrogen) atoms. The van der Waals surface area contributed by atoms with Gasteiger partial charge in [0.1, 0.15) is 5.52 Å². The molecule has 5 heteroatoms. The normalized spacial score (nSPS) is 12.6. The number of ether oxygens (including phenoxy) is 1. The van der Waals surface area contributed by atoms with Crippen molar-refractivity contribution in [2.24, 2.45) is 5.92 Å². The Hall–Kier alpha value is -0.200. The standard InChI is InChI=1S/C15H17ClINOS/c1-10(5-8-20)4-7-19-15-13(17)9-12(16)11-3-2-6-18-14(11)15/h2-3,6,9-10,20H,4-5,7-8H2,1H3. The maximum Gasteiger partial charge on any atom is 0.158 e. The minimum Gasteiger partial charge on any atom is -0.490 e. The Kier molecular flexibility index (Phi) is 6.23. The summed E-state index contributed by atoms with van der Waals surface area (Å²) in [6.45, 7) is 2.92. The Labute approximate surface area is 143 Å². The first-order valence-electron chi connectivity index (χ1n) is 6.60. The summed E-state index contributed by atoms with van der Waals surface area (Å²) < 4.78 is 6.97. The van der Waals surface area contributed by atoms with Crippen molar-refractivity contribution < 1.29 is 4.74 Å². The molecule has 1 aromatic carbocycles. The van der Waals surface area contributed by atoms with Crippen molar-refractivity contribution in [3.63, 3.8) is 0 Å². The fourth-order valence-electron chi connectivity index (χ4n) is 2.01. The molecule has 1 unspecified atom stereocenters. The zero-order valence-electron chi connectivity index (χ0n) is 11.3. The molecule has 0 bridgehead atoms. The molecule has 0 aliphatic carbocycles. The van der Waals surface area contributed by atoms with Crippen LogP contribution >= 0.6 is 46.8 Å². The minimum absolute atomic E-state index is 0.622. The van der Waals surface area contributed by atoms with Crippen LogP contribution < -0.4 is 4.74 Å². The average molecular weight is 422 g/mol. The largest absolute Gasteiger partial charge is 0.490 e. The topological polar surface area (TPSA) is 22.1 Å². The maximum atomic E-state index is 6.25. The molecule has 2 rings (SSSR count). The second kappa shape index (κ2) is 7.71. The molecule has 108 valence electrons. The summed E-state index contributed by atoms with van der Waals surface area (Å²) in [7, 11) is 0. The lowest BCUT2D eigenvalue weighted by Crippen LogP contribution is -2.06. The van der Waals surface area contributed by atoms with Gasteiger partial charge in [-0.15, -0.1) is 0 Å². The van der Waals surface area contributed by atoms with E-state index >= 15 is 0 Å². The van der Waals surface area contributed by atoms with E-state index in [4.69, 9.17) is 16.3 Å². The number of halogens is 2. The zero-order valence-corrected chi connectivity index (χ0v) is 15.1. The number of nitrogens with zero attached hydrogens (tertiary/aromatic N) is 1. The number of hydrogen-bond acceptors (Lipinski definition) is 3. The first-order chi connectivity index (χ1) is 9.63. The summed E-state index contributed by atoms with van der Waals surface area (Å²) in [5.74, 6) is 2.38. The lowest BCUT2D eigenvalue weighted by molar-refractivity contribution is 0.283. The highest BCUT2D eigenvalue weighted by Gasteiger charge is 2.12. The molecule has 0 N–H and O–H groups in total. The summed E-state index contributed by atoms with van der Waals surface area (Å²) in [5.41, 5.74) is 0.839.